The van der Waals surface area contributed by atoms with Gasteiger partial charge in [0, 0.05) is 31.6 Å². The molecule has 0 aliphatic heterocycles. The van der Waals surface area contributed by atoms with Crippen LogP contribution in [0.2, 0.25) is 5.02 Å². The van der Waals surface area contributed by atoms with Crippen molar-refractivity contribution in [1.29, 1.82) is 0 Å². The number of likely N-dealkylation sites (N-methyl/N-ethyl adjacent to an activating group) is 1. The van der Waals surface area contributed by atoms with E-state index in [1.807, 2.05) is 38.1 Å². The van der Waals surface area contributed by atoms with Crippen molar-refractivity contribution in [1.82, 2.24) is 10.2 Å². The number of sulfonamides is 1. The number of halogens is 1. The van der Waals surface area contributed by atoms with Crippen molar-refractivity contribution in [2.75, 3.05) is 24.2 Å². The second-order valence-electron chi connectivity index (χ2n) is 8.11. The number of hydrogen-bond acceptors (Lipinski definition) is 4. The molecule has 0 bridgehead atoms. The molecular weight excluding hydrogens is 462 g/mol. The number of nitrogens with one attached hydrogen (secondary N) is 1. The molecule has 0 unspecified atom stereocenters. The lowest BCUT2D eigenvalue weighted by Gasteiger charge is -2.29. The quantitative estimate of drug-likeness (QED) is 0.547. The molecule has 1 N–H and O–H groups in total. The molecule has 2 aromatic carbocycles. The van der Waals surface area contributed by atoms with Gasteiger partial charge in [0.05, 0.1) is 11.9 Å². The van der Waals surface area contributed by atoms with Crippen molar-refractivity contribution in [2.45, 2.75) is 46.2 Å². The van der Waals surface area contributed by atoms with Crippen LogP contribution < -0.4 is 9.62 Å². The molecule has 0 radical (unpaired) electrons. The van der Waals surface area contributed by atoms with Crippen LogP contribution >= 0.6 is 11.6 Å². The summed E-state index contributed by atoms with van der Waals surface area (Å²) >= 11 is 6.27. The van der Waals surface area contributed by atoms with Crippen LogP contribution in [0.25, 0.3) is 0 Å². The number of amides is 2. The molecule has 0 saturated heterocycles. The molecule has 180 valence electrons. The van der Waals surface area contributed by atoms with Gasteiger partial charge in [-0.3, -0.25) is 13.9 Å². The van der Waals surface area contributed by atoms with Gasteiger partial charge in [0.1, 0.15) is 6.04 Å². The number of carbonyl (C=O) groups is 2. The monoisotopic (exact) mass is 493 g/mol. The minimum atomic E-state index is -3.53. The Morgan fingerprint density at radius 1 is 1.09 bits per heavy atom. The van der Waals surface area contributed by atoms with Gasteiger partial charge >= 0.3 is 0 Å². The molecule has 0 aromatic heterocycles. The van der Waals surface area contributed by atoms with Gasteiger partial charge in [-0.25, -0.2) is 8.42 Å². The van der Waals surface area contributed by atoms with Gasteiger partial charge in [0.15, 0.2) is 0 Å². The molecule has 0 saturated carbocycles. The fraction of sp³-hybridized carbons (Fsp3) is 0.417. The Bertz CT molecular complexity index is 1100. The van der Waals surface area contributed by atoms with Crippen LogP contribution in [0, 0.1) is 13.8 Å². The van der Waals surface area contributed by atoms with Gasteiger partial charge in [-0.15, -0.1) is 0 Å². The molecule has 0 spiro atoms. The second-order valence-corrected chi connectivity index (χ2v) is 10.4. The van der Waals surface area contributed by atoms with E-state index in [4.69, 9.17) is 11.6 Å². The van der Waals surface area contributed by atoms with E-state index in [0.29, 0.717) is 17.1 Å². The second kappa shape index (κ2) is 11.5. The van der Waals surface area contributed by atoms with Crippen LogP contribution in [0.5, 0.6) is 0 Å². The molecule has 0 aliphatic carbocycles. The van der Waals surface area contributed by atoms with E-state index in [0.717, 1.165) is 22.9 Å². The van der Waals surface area contributed by atoms with Crippen LogP contribution in [0.1, 0.15) is 36.5 Å². The molecule has 1 atom stereocenters. The van der Waals surface area contributed by atoms with Crippen LogP contribution in [-0.4, -0.2) is 51.0 Å². The van der Waals surface area contributed by atoms with E-state index < -0.39 is 16.1 Å². The number of aryl methyl sites for hydroxylation is 2. The van der Waals surface area contributed by atoms with Crippen molar-refractivity contribution >= 4 is 39.1 Å². The van der Waals surface area contributed by atoms with E-state index in [-0.39, 0.29) is 31.3 Å². The third kappa shape index (κ3) is 7.20. The van der Waals surface area contributed by atoms with Gasteiger partial charge in [-0.05, 0) is 62.1 Å². The maximum Gasteiger partial charge on any atom is 0.242 e. The minimum Gasteiger partial charge on any atom is -0.357 e. The highest BCUT2D eigenvalue weighted by molar-refractivity contribution is 7.92. The summed E-state index contributed by atoms with van der Waals surface area (Å²) in [6, 6.07) is 11.9. The summed E-state index contributed by atoms with van der Waals surface area (Å²) in [5.74, 6) is -0.539. The molecule has 2 amide bonds. The predicted octanol–water partition coefficient (Wildman–Crippen LogP) is 3.67. The predicted molar refractivity (Wildman–Crippen MR) is 133 cm³/mol. The van der Waals surface area contributed by atoms with Crippen LogP contribution in [0.4, 0.5) is 5.69 Å². The lowest BCUT2D eigenvalue weighted by molar-refractivity contribution is -0.140. The zero-order valence-electron chi connectivity index (χ0n) is 19.8. The average Bonchev–Trinajstić information content (AvgIpc) is 2.76. The fourth-order valence-corrected chi connectivity index (χ4v) is 4.64. The maximum atomic E-state index is 13.1. The zero-order chi connectivity index (χ0) is 24.8. The van der Waals surface area contributed by atoms with E-state index in [2.05, 4.69) is 5.32 Å². The van der Waals surface area contributed by atoms with Crippen LogP contribution in [0.15, 0.2) is 42.5 Å². The van der Waals surface area contributed by atoms with Crippen molar-refractivity contribution in [3.05, 3.63) is 64.2 Å². The molecular formula is C24H32ClN3O4S. The summed E-state index contributed by atoms with van der Waals surface area (Å²) in [6.07, 6.45) is 1.54. The number of nitrogens with zero attached hydrogens (tertiary/aromatic N) is 2. The SMILES string of the molecule is CNC(=O)[C@H](C)N(Cc1ccccc1Cl)C(=O)CCCN(c1ccc(C)c(C)c1)S(C)(=O)=O. The molecule has 33 heavy (non-hydrogen) atoms. The van der Waals surface area contributed by atoms with Crippen molar-refractivity contribution < 1.29 is 18.0 Å². The van der Waals surface area contributed by atoms with Crippen molar-refractivity contribution in [3.8, 4) is 0 Å². The van der Waals surface area contributed by atoms with Gasteiger partial charge in [-0.1, -0.05) is 35.9 Å². The summed E-state index contributed by atoms with van der Waals surface area (Å²) in [5, 5.41) is 3.08. The molecule has 7 nitrogen and oxygen atoms in total. The maximum absolute atomic E-state index is 13.1. The molecule has 2 aromatic rings. The number of hydrogen-bond donors (Lipinski definition) is 1. The number of carbonyl (C=O) groups excluding carboxylic acids is 2. The van der Waals surface area contributed by atoms with Crippen molar-refractivity contribution in [2.24, 2.45) is 0 Å². The lowest BCUT2D eigenvalue weighted by Crippen LogP contribution is -2.46. The topological polar surface area (TPSA) is 86.8 Å². The third-order valence-electron chi connectivity index (χ3n) is 5.64. The first kappa shape index (κ1) is 26.7. The Morgan fingerprint density at radius 3 is 2.33 bits per heavy atom. The minimum absolute atomic E-state index is 0.0860. The molecule has 0 fully saturated rings. The zero-order valence-corrected chi connectivity index (χ0v) is 21.3. The first-order chi connectivity index (χ1) is 15.5. The summed E-state index contributed by atoms with van der Waals surface area (Å²) < 4.78 is 26.1. The van der Waals surface area contributed by atoms with E-state index in [1.54, 1.807) is 25.1 Å². The number of benzene rings is 2. The Kier molecular flexibility index (Phi) is 9.31. The van der Waals surface area contributed by atoms with E-state index >= 15 is 0 Å². The highest BCUT2D eigenvalue weighted by atomic mass is 35.5. The Balaban J connectivity index is 2.17. The third-order valence-corrected chi connectivity index (χ3v) is 7.21. The van der Waals surface area contributed by atoms with E-state index in [9.17, 15) is 18.0 Å². The van der Waals surface area contributed by atoms with Gasteiger partial charge in [-0.2, -0.15) is 0 Å². The first-order valence-electron chi connectivity index (χ1n) is 10.7. The highest BCUT2D eigenvalue weighted by Crippen LogP contribution is 2.23. The largest absolute Gasteiger partial charge is 0.357 e. The van der Waals surface area contributed by atoms with Crippen LogP contribution in [0.3, 0.4) is 0 Å². The van der Waals surface area contributed by atoms with Gasteiger partial charge in [0.2, 0.25) is 21.8 Å². The Hall–Kier alpha value is -2.58. The summed E-state index contributed by atoms with van der Waals surface area (Å²) in [5.41, 5.74) is 3.36. The molecule has 0 heterocycles. The average molecular weight is 494 g/mol. The van der Waals surface area contributed by atoms with E-state index in [1.165, 1.54) is 16.3 Å². The summed E-state index contributed by atoms with van der Waals surface area (Å²) in [6.45, 7) is 5.88. The lowest BCUT2D eigenvalue weighted by atomic mass is 10.1. The summed E-state index contributed by atoms with van der Waals surface area (Å²) in [7, 11) is -2.01. The summed E-state index contributed by atoms with van der Waals surface area (Å²) in [4.78, 5) is 26.9. The van der Waals surface area contributed by atoms with Crippen LogP contribution in [-0.2, 0) is 26.2 Å². The normalized spacial score (nSPS) is 12.2. The van der Waals surface area contributed by atoms with Gasteiger partial charge in [0.25, 0.3) is 0 Å². The van der Waals surface area contributed by atoms with Crippen molar-refractivity contribution in [3.63, 3.8) is 0 Å². The first-order valence-corrected chi connectivity index (χ1v) is 13.0. The Morgan fingerprint density at radius 2 is 1.76 bits per heavy atom. The number of rotatable bonds is 10. The molecule has 0 aliphatic rings. The molecule has 9 heteroatoms. The Labute approximate surface area is 201 Å². The molecule has 2 rings (SSSR count). The smallest absolute Gasteiger partial charge is 0.242 e. The fourth-order valence-electron chi connectivity index (χ4n) is 3.49. The standard InChI is InChI=1S/C24H32ClN3O4S/c1-17-12-13-21(15-18(17)2)28(33(5,31)32)14-8-11-23(29)27(19(3)24(30)26-4)16-20-9-6-7-10-22(20)25/h6-7,9-10,12-13,15,19H,8,11,14,16H2,1-5H3,(H,26,30)/t19-/m0/s1. The van der Waals surface area contributed by atoms with Gasteiger partial charge < -0.3 is 10.2 Å². The highest BCUT2D eigenvalue weighted by Gasteiger charge is 2.26. The number of anilines is 1.